The molecule has 1 heterocycles. The number of guanidine groups is 2. The molecule has 0 atom stereocenters. The molecule has 4 N–H and O–H groups in total. The van der Waals surface area contributed by atoms with Gasteiger partial charge in [-0.2, -0.15) is 0 Å². The minimum Gasteiger partial charge on any atom is -0.370 e. The predicted molar refractivity (Wildman–Crippen MR) is 80.2 cm³/mol. The van der Waals surface area contributed by atoms with Crippen molar-refractivity contribution in [2.75, 3.05) is 5.32 Å². The Kier molecular flexibility index (Phi) is 3.69. The maximum Gasteiger partial charge on any atom is 0.205 e. The van der Waals surface area contributed by atoms with Crippen molar-refractivity contribution >= 4 is 34.9 Å². The third kappa shape index (κ3) is 3.31. The summed E-state index contributed by atoms with van der Waals surface area (Å²) in [5.74, 6) is 0.730. The Balaban J connectivity index is 2.25. The fourth-order valence-electron chi connectivity index (χ4n) is 1.68. The zero-order valence-corrected chi connectivity index (χ0v) is 11.7. The zero-order chi connectivity index (χ0) is 14.8. The van der Waals surface area contributed by atoms with E-state index in [4.69, 9.17) is 22.9 Å². The number of nitrogens with zero attached hydrogens (tertiary/aromatic N) is 5. The maximum atomic E-state index is 8.47. The van der Waals surface area contributed by atoms with Crippen molar-refractivity contribution in [1.82, 2.24) is 5.32 Å². The van der Waals surface area contributed by atoms with Crippen molar-refractivity contribution in [2.45, 2.75) is 19.5 Å². The Bertz CT molecular complexity index is 642. The monoisotopic (exact) mass is 292 g/mol. The predicted octanol–water partition coefficient (Wildman–Crippen LogP) is 2.70. The van der Waals surface area contributed by atoms with Gasteiger partial charge in [-0.15, -0.1) is 0 Å². The summed E-state index contributed by atoms with van der Waals surface area (Å²) in [6, 6.07) is 4.97. The minimum atomic E-state index is -0.641. The summed E-state index contributed by atoms with van der Waals surface area (Å²) in [5.41, 5.74) is 14.5. The Morgan fingerprint density at radius 2 is 2.20 bits per heavy atom. The van der Waals surface area contributed by atoms with Crippen LogP contribution in [0.5, 0.6) is 0 Å². The SMILES string of the molecule is CC1(C)N=C(N)NC(Nc2ccc(Cl)c(N=[N+]=[N-])c2)=N1. The van der Waals surface area contributed by atoms with Gasteiger partial charge in [0, 0.05) is 10.6 Å². The molecule has 1 aliphatic rings. The topological polar surface area (TPSA) is 124 Å². The lowest BCUT2D eigenvalue weighted by molar-refractivity contribution is 0.541. The number of nitrogens with two attached hydrogens (primary N) is 1. The Hall–Kier alpha value is -2.44. The highest BCUT2D eigenvalue weighted by atomic mass is 35.5. The van der Waals surface area contributed by atoms with Crippen molar-refractivity contribution in [1.29, 1.82) is 0 Å². The molecular weight excluding hydrogens is 280 g/mol. The van der Waals surface area contributed by atoms with E-state index in [0.717, 1.165) is 0 Å². The summed E-state index contributed by atoms with van der Waals surface area (Å²) in [5, 5.41) is 9.72. The molecule has 2 rings (SSSR count). The molecule has 0 radical (unpaired) electrons. The van der Waals surface area contributed by atoms with Crippen LogP contribution in [0.1, 0.15) is 13.8 Å². The molecule has 20 heavy (non-hydrogen) atoms. The molecule has 1 aliphatic heterocycles. The molecule has 0 aromatic heterocycles. The fourth-order valence-corrected chi connectivity index (χ4v) is 1.84. The number of hydrogen-bond donors (Lipinski definition) is 3. The van der Waals surface area contributed by atoms with Gasteiger partial charge in [0.1, 0.15) is 0 Å². The molecule has 8 nitrogen and oxygen atoms in total. The van der Waals surface area contributed by atoms with Crippen LogP contribution in [-0.4, -0.2) is 17.6 Å². The number of azide groups is 1. The van der Waals surface area contributed by atoms with Crippen LogP contribution in [0.15, 0.2) is 33.3 Å². The fraction of sp³-hybridized carbons (Fsp3) is 0.273. The van der Waals surface area contributed by atoms with Crippen LogP contribution in [0.25, 0.3) is 10.4 Å². The van der Waals surface area contributed by atoms with Crippen molar-refractivity contribution in [2.24, 2.45) is 20.8 Å². The highest BCUT2D eigenvalue weighted by Crippen LogP contribution is 2.28. The van der Waals surface area contributed by atoms with Crippen LogP contribution < -0.4 is 16.4 Å². The van der Waals surface area contributed by atoms with E-state index >= 15 is 0 Å². The van der Waals surface area contributed by atoms with Crippen molar-refractivity contribution in [3.8, 4) is 0 Å². The van der Waals surface area contributed by atoms with E-state index < -0.39 is 5.66 Å². The highest BCUT2D eigenvalue weighted by Gasteiger charge is 2.21. The van der Waals surface area contributed by atoms with Gasteiger partial charge in [-0.25, -0.2) is 9.98 Å². The molecule has 104 valence electrons. The number of rotatable bonds is 2. The van der Waals surface area contributed by atoms with E-state index in [-0.39, 0.29) is 5.96 Å². The van der Waals surface area contributed by atoms with Gasteiger partial charge in [0.05, 0.1) is 10.7 Å². The van der Waals surface area contributed by atoms with Gasteiger partial charge in [0.2, 0.25) is 5.96 Å². The first-order chi connectivity index (χ1) is 9.39. The summed E-state index contributed by atoms with van der Waals surface area (Å²) in [7, 11) is 0. The molecular formula is C11H13ClN8. The maximum absolute atomic E-state index is 8.47. The number of halogens is 1. The van der Waals surface area contributed by atoms with Crippen LogP contribution in [0, 0.1) is 0 Å². The van der Waals surface area contributed by atoms with Crippen LogP contribution in [0.4, 0.5) is 11.4 Å². The van der Waals surface area contributed by atoms with Gasteiger partial charge in [-0.05, 0) is 37.6 Å². The average Bonchev–Trinajstić information content (AvgIpc) is 2.31. The van der Waals surface area contributed by atoms with E-state index in [1.807, 2.05) is 13.8 Å². The van der Waals surface area contributed by atoms with Crippen LogP contribution in [-0.2, 0) is 0 Å². The van der Waals surface area contributed by atoms with Gasteiger partial charge in [-0.3, -0.25) is 5.32 Å². The van der Waals surface area contributed by atoms with E-state index in [0.29, 0.717) is 22.4 Å². The first-order valence-corrected chi connectivity index (χ1v) is 6.11. The largest absolute Gasteiger partial charge is 0.370 e. The molecule has 1 aromatic rings. The number of nitrogens with one attached hydrogen (secondary N) is 2. The molecule has 0 aliphatic carbocycles. The second-order valence-electron chi connectivity index (χ2n) is 4.56. The molecule has 1 aromatic carbocycles. The van der Waals surface area contributed by atoms with E-state index in [2.05, 4.69) is 30.6 Å². The number of anilines is 1. The van der Waals surface area contributed by atoms with Crippen molar-refractivity contribution < 1.29 is 0 Å². The average molecular weight is 293 g/mol. The van der Waals surface area contributed by atoms with E-state index in [1.54, 1.807) is 18.2 Å². The lowest BCUT2D eigenvalue weighted by Crippen LogP contribution is -2.47. The molecule has 0 unspecified atom stereocenters. The number of benzene rings is 1. The first kappa shape index (κ1) is 14.0. The van der Waals surface area contributed by atoms with Gasteiger partial charge in [0.15, 0.2) is 11.6 Å². The first-order valence-electron chi connectivity index (χ1n) is 5.73. The molecule has 0 bridgehead atoms. The third-order valence-electron chi connectivity index (χ3n) is 2.39. The van der Waals surface area contributed by atoms with Gasteiger partial charge in [-0.1, -0.05) is 16.7 Å². The molecule has 9 heteroatoms. The second-order valence-corrected chi connectivity index (χ2v) is 4.96. The molecule has 0 fully saturated rings. The Labute approximate surface area is 120 Å². The lowest BCUT2D eigenvalue weighted by Gasteiger charge is -2.24. The number of hydrogen-bond acceptors (Lipinski definition) is 6. The smallest absolute Gasteiger partial charge is 0.205 e. The van der Waals surface area contributed by atoms with Crippen LogP contribution >= 0.6 is 11.6 Å². The Morgan fingerprint density at radius 1 is 1.45 bits per heavy atom. The van der Waals surface area contributed by atoms with Crippen molar-refractivity contribution in [3.05, 3.63) is 33.7 Å². The van der Waals surface area contributed by atoms with E-state index in [9.17, 15) is 0 Å². The summed E-state index contributed by atoms with van der Waals surface area (Å²) in [6.07, 6.45) is 0. The van der Waals surface area contributed by atoms with Gasteiger partial charge < -0.3 is 11.1 Å². The highest BCUT2D eigenvalue weighted by molar-refractivity contribution is 6.33. The normalized spacial score (nSPS) is 16.4. The van der Waals surface area contributed by atoms with Crippen LogP contribution in [0.2, 0.25) is 5.02 Å². The minimum absolute atomic E-state index is 0.275. The number of aliphatic imine (C=N–C) groups is 2. The summed E-state index contributed by atoms with van der Waals surface area (Å²) in [4.78, 5) is 11.2. The summed E-state index contributed by atoms with van der Waals surface area (Å²) in [6.45, 7) is 3.66. The van der Waals surface area contributed by atoms with Crippen molar-refractivity contribution in [3.63, 3.8) is 0 Å². The van der Waals surface area contributed by atoms with Gasteiger partial charge >= 0.3 is 0 Å². The third-order valence-corrected chi connectivity index (χ3v) is 2.71. The van der Waals surface area contributed by atoms with Crippen LogP contribution in [0.3, 0.4) is 0 Å². The Morgan fingerprint density at radius 3 is 2.85 bits per heavy atom. The molecule has 0 saturated carbocycles. The molecule has 0 saturated heterocycles. The summed E-state index contributed by atoms with van der Waals surface area (Å²) >= 11 is 5.91. The lowest BCUT2D eigenvalue weighted by atomic mass is 10.2. The zero-order valence-electron chi connectivity index (χ0n) is 10.9. The second kappa shape index (κ2) is 5.28. The summed E-state index contributed by atoms with van der Waals surface area (Å²) < 4.78 is 0. The van der Waals surface area contributed by atoms with Gasteiger partial charge in [0.25, 0.3) is 0 Å². The molecule has 0 amide bonds. The van der Waals surface area contributed by atoms with E-state index in [1.165, 1.54) is 0 Å². The quantitative estimate of drug-likeness (QED) is 0.441. The molecule has 0 spiro atoms. The standard InChI is InChI=1S/C11H13ClN8/c1-11(2)17-9(13)16-10(18-11)15-6-3-4-7(12)8(5-6)19-20-14/h3-5H,1-2H3,(H4,13,15,16,17,18).